The normalized spacial score (nSPS) is 12.1. The summed E-state index contributed by atoms with van der Waals surface area (Å²) in [4.78, 5) is 10.4. The summed E-state index contributed by atoms with van der Waals surface area (Å²) < 4.78 is 24.0. The molecule has 2 aromatic rings. The molecule has 0 radical (unpaired) electrons. The molecule has 21 heavy (non-hydrogen) atoms. The molecule has 0 saturated carbocycles. The summed E-state index contributed by atoms with van der Waals surface area (Å²) in [6.45, 7) is 3.87. The molecular weight excluding hydrogens is 333 g/mol. The Morgan fingerprint density at radius 2 is 1.57 bits per heavy atom. The van der Waals surface area contributed by atoms with Crippen molar-refractivity contribution in [3.8, 4) is 0 Å². The Morgan fingerprint density at radius 1 is 1.10 bits per heavy atom. The van der Waals surface area contributed by atoms with Gasteiger partial charge >= 0.3 is 0 Å². The fraction of sp³-hybridized carbons (Fsp3) is 0.385. The third-order valence-corrected chi connectivity index (χ3v) is 4.82. The number of aromatic nitrogens is 2. The number of rotatable bonds is 3. The molecule has 2 rings (SSSR count). The van der Waals surface area contributed by atoms with Crippen LogP contribution < -0.4 is 4.90 Å². The van der Waals surface area contributed by atoms with Crippen molar-refractivity contribution < 1.29 is 8.42 Å². The maximum atomic E-state index is 12.0. The van der Waals surface area contributed by atoms with Gasteiger partial charge in [-0.1, -0.05) is 23.2 Å². The van der Waals surface area contributed by atoms with Gasteiger partial charge in [-0.3, -0.25) is 0 Å². The zero-order chi connectivity index (χ0) is 15.9. The number of benzene rings is 1. The Labute approximate surface area is 133 Å². The van der Waals surface area contributed by atoms with Crippen LogP contribution in [0.25, 0.3) is 11.0 Å². The summed E-state index contributed by atoms with van der Waals surface area (Å²) in [5, 5.41) is 0.594. The lowest BCUT2D eigenvalue weighted by Gasteiger charge is -2.24. The van der Waals surface area contributed by atoms with Crippen molar-refractivity contribution in [3.63, 3.8) is 0 Å². The van der Waals surface area contributed by atoms with E-state index in [0.717, 1.165) is 6.26 Å². The van der Waals surface area contributed by atoms with Gasteiger partial charge in [0.2, 0.25) is 0 Å². The van der Waals surface area contributed by atoms with Crippen LogP contribution in [0.15, 0.2) is 17.2 Å². The fourth-order valence-electron chi connectivity index (χ4n) is 1.75. The third kappa shape index (κ3) is 3.22. The average Bonchev–Trinajstić information content (AvgIpc) is 2.36. The summed E-state index contributed by atoms with van der Waals surface area (Å²) in [5.74, 6) is 0.304. The molecule has 1 aromatic carbocycles. The van der Waals surface area contributed by atoms with Crippen molar-refractivity contribution in [1.29, 1.82) is 0 Å². The van der Waals surface area contributed by atoms with Crippen LogP contribution in [0, 0.1) is 0 Å². The van der Waals surface area contributed by atoms with Gasteiger partial charge in [0.1, 0.15) is 0 Å². The molecular formula is C13H15Cl2N3O2S. The molecule has 5 nitrogen and oxygen atoms in total. The number of sulfone groups is 1. The van der Waals surface area contributed by atoms with Crippen LogP contribution in [0.4, 0.5) is 5.82 Å². The molecule has 114 valence electrons. The number of halogens is 2. The van der Waals surface area contributed by atoms with Crippen molar-refractivity contribution in [2.45, 2.75) is 24.9 Å². The van der Waals surface area contributed by atoms with Crippen LogP contribution in [-0.2, 0) is 9.84 Å². The van der Waals surface area contributed by atoms with Gasteiger partial charge in [0.05, 0.1) is 21.1 Å². The smallest absolute Gasteiger partial charge is 0.198 e. The van der Waals surface area contributed by atoms with Crippen molar-refractivity contribution >= 4 is 49.9 Å². The molecule has 0 aliphatic carbocycles. The van der Waals surface area contributed by atoms with Gasteiger partial charge in [-0.15, -0.1) is 0 Å². The van der Waals surface area contributed by atoms with Crippen LogP contribution >= 0.6 is 23.2 Å². The molecule has 0 saturated heterocycles. The van der Waals surface area contributed by atoms with Gasteiger partial charge in [0.25, 0.3) is 0 Å². The van der Waals surface area contributed by atoms with Crippen LogP contribution in [0.1, 0.15) is 13.8 Å². The molecule has 0 bridgehead atoms. The van der Waals surface area contributed by atoms with Crippen molar-refractivity contribution in [3.05, 3.63) is 22.2 Å². The quantitative estimate of drug-likeness (QED) is 0.852. The SMILES string of the molecule is CC(C)N(C)c1nc2cc(Cl)c(Cl)cc2nc1S(C)(=O)=O. The molecule has 0 spiro atoms. The highest BCUT2D eigenvalue weighted by atomic mass is 35.5. The molecule has 0 atom stereocenters. The lowest BCUT2D eigenvalue weighted by Crippen LogP contribution is -2.28. The Kier molecular flexibility index (Phi) is 4.33. The van der Waals surface area contributed by atoms with Crippen molar-refractivity contribution in [2.75, 3.05) is 18.2 Å². The summed E-state index contributed by atoms with van der Waals surface area (Å²) in [6, 6.07) is 3.16. The number of hydrogen-bond acceptors (Lipinski definition) is 5. The molecule has 0 amide bonds. The number of nitrogens with zero attached hydrogens (tertiary/aromatic N) is 3. The highest BCUT2D eigenvalue weighted by Crippen LogP contribution is 2.30. The minimum absolute atomic E-state index is 0.0652. The molecule has 0 aliphatic rings. The lowest BCUT2D eigenvalue weighted by molar-refractivity contribution is 0.597. The molecule has 8 heteroatoms. The van der Waals surface area contributed by atoms with Gasteiger partial charge in [-0.2, -0.15) is 0 Å². The topological polar surface area (TPSA) is 63.2 Å². The van der Waals surface area contributed by atoms with Gasteiger partial charge in [-0.05, 0) is 26.0 Å². The third-order valence-electron chi connectivity index (χ3n) is 3.12. The number of hydrogen-bond donors (Lipinski definition) is 0. The summed E-state index contributed by atoms with van der Waals surface area (Å²) in [5.41, 5.74) is 0.894. The van der Waals surface area contributed by atoms with E-state index in [9.17, 15) is 8.42 Å². The highest BCUT2D eigenvalue weighted by Gasteiger charge is 2.22. The number of anilines is 1. The van der Waals surface area contributed by atoms with Crippen LogP contribution in [0.3, 0.4) is 0 Å². The summed E-state index contributed by atoms with van der Waals surface area (Å²) in [6.07, 6.45) is 1.11. The molecule has 0 unspecified atom stereocenters. The summed E-state index contributed by atoms with van der Waals surface area (Å²) in [7, 11) is -1.75. The Bertz CT molecular complexity index is 807. The van der Waals surface area contributed by atoms with Crippen LogP contribution in [0.5, 0.6) is 0 Å². The van der Waals surface area contributed by atoms with Gasteiger partial charge in [0, 0.05) is 19.3 Å². The predicted molar refractivity (Wildman–Crippen MR) is 86.2 cm³/mol. The Hall–Kier alpha value is -1.11. The maximum Gasteiger partial charge on any atom is 0.198 e. The van der Waals surface area contributed by atoms with E-state index in [2.05, 4.69) is 9.97 Å². The maximum absolute atomic E-state index is 12.0. The monoisotopic (exact) mass is 347 g/mol. The van der Waals surface area contributed by atoms with Gasteiger partial charge < -0.3 is 4.90 Å². The van der Waals surface area contributed by atoms with E-state index in [0.29, 0.717) is 26.9 Å². The highest BCUT2D eigenvalue weighted by molar-refractivity contribution is 7.90. The van der Waals surface area contributed by atoms with E-state index in [-0.39, 0.29) is 11.1 Å². The largest absolute Gasteiger partial charge is 0.355 e. The first-order valence-electron chi connectivity index (χ1n) is 6.21. The minimum atomic E-state index is -3.52. The van der Waals surface area contributed by atoms with Crippen LogP contribution in [0.2, 0.25) is 10.0 Å². The minimum Gasteiger partial charge on any atom is -0.355 e. The van der Waals surface area contributed by atoms with E-state index < -0.39 is 9.84 Å². The van der Waals surface area contributed by atoms with Crippen molar-refractivity contribution in [1.82, 2.24) is 9.97 Å². The van der Waals surface area contributed by atoms with Gasteiger partial charge in [0.15, 0.2) is 20.7 Å². The van der Waals surface area contributed by atoms with Gasteiger partial charge in [-0.25, -0.2) is 18.4 Å². The van der Waals surface area contributed by atoms with E-state index in [1.54, 1.807) is 18.0 Å². The fourth-order valence-corrected chi connectivity index (χ4v) is 2.85. The van der Waals surface area contributed by atoms with E-state index in [4.69, 9.17) is 23.2 Å². The van der Waals surface area contributed by atoms with Crippen LogP contribution in [-0.4, -0.2) is 37.7 Å². The second-order valence-corrected chi connectivity index (χ2v) is 7.83. The first-order chi connectivity index (χ1) is 9.61. The summed E-state index contributed by atoms with van der Waals surface area (Å²) >= 11 is 11.9. The number of fused-ring (bicyclic) bond motifs is 1. The first-order valence-corrected chi connectivity index (χ1v) is 8.85. The molecule has 0 aliphatic heterocycles. The second-order valence-electron chi connectivity index (χ2n) is 5.08. The predicted octanol–water partition coefficient (Wildman–Crippen LogP) is 3.18. The molecule has 0 N–H and O–H groups in total. The Morgan fingerprint density at radius 3 is 2.00 bits per heavy atom. The first kappa shape index (κ1) is 16.3. The molecule has 0 fully saturated rings. The Balaban J connectivity index is 2.84. The van der Waals surface area contributed by atoms with Crippen molar-refractivity contribution in [2.24, 2.45) is 0 Å². The zero-order valence-electron chi connectivity index (χ0n) is 12.1. The second kappa shape index (κ2) is 5.59. The van der Waals surface area contributed by atoms with E-state index in [1.807, 2.05) is 13.8 Å². The molecule has 1 aromatic heterocycles. The van der Waals surface area contributed by atoms with E-state index >= 15 is 0 Å². The lowest BCUT2D eigenvalue weighted by atomic mass is 10.3. The zero-order valence-corrected chi connectivity index (χ0v) is 14.4. The molecule has 1 heterocycles. The average molecular weight is 348 g/mol. The standard InChI is InChI=1S/C13H15Cl2N3O2S/c1-7(2)18(3)12-13(21(4,19)20)17-11-6-9(15)8(14)5-10(11)16-12/h5-7H,1-4H3. The van der Waals surface area contributed by atoms with E-state index in [1.165, 1.54) is 6.07 Å².